The second-order valence-electron chi connectivity index (χ2n) is 5.03. The van der Waals surface area contributed by atoms with Gasteiger partial charge in [0, 0.05) is 17.5 Å². The van der Waals surface area contributed by atoms with Crippen LogP contribution >= 0.6 is 11.6 Å². The summed E-state index contributed by atoms with van der Waals surface area (Å²) >= 11 is 6.08. The third-order valence-electron chi connectivity index (χ3n) is 3.60. The monoisotopic (exact) mass is 310 g/mol. The maximum Gasteiger partial charge on any atom is 0.164 e. The SMILES string of the molecule is O=C(CCc1ccccc1-c1cnc[nH]1)c1ccccc1Cl. The number of benzene rings is 2. The number of nitrogens with one attached hydrogen (secondary N) is 1. The van der Waals surface area contributed by atoms with Crippen molar-refractivity contribution in [2.45, 2.75) is 12.8 Å². The summed E-state index contributed by atoms with van der Waals surface area (Å²) in [6.07, 6.45) is 4.53. The first kappa shape index (κ1) is 14.5. The number of halogens is 1. The fraction of sp³-hybridized carbons (Fsp3) is 0.111. The molecule has 0 bridgehead atoms. The Hall–Kier alpha value is -2.39. The second kappa shape index (κ2) is 6.58. The number of aryl methyl sites for hydroxylation is 1. The number of nitrogens with zero attached hydrogens (tertiary/aromatic N) is 1. The van der Waals surface area contributed by atoms with E-state index in [0.29, 0.717) is 23.4 Å². The van der Waals surface area contributed by atoms with Gasteiger partial charge in [0.1, 0.15) is 0 Å². The molecule has 0 saturated carbocycles. The van der Waals surface area contributed by atoms with Crippen LogP contribution in [0.4, 0.5) is 0 Å². The first-order valence-electron chi connectivity index (χ1n) is 7.10. The van der Waals surface area contributed by atoms with E-state index in [1.807, 2.05) is 36.4 Å². The summed E-state index contributed by atoms with van der Waals surface area (Å²) in [6.45, 7) is 0. The highest BCUT2D eigenvalue weighted by atomic mass is 35.5. The predicted octanol–water partition coefficient (Wildman–Crippen LogP) is 4.55. The van der Waals surface area contributed by atoms with E-state index in [0.717, 1.165) is 16.8 Å². The van der Waals surface area contributed by atoms with Gasteiger partial charge in [0.05, 0.1) is 23.2 Å². The molecule has 0 saturated heterocycles. The van der Waals surface area contributed by atoms with Crippen molar-refractivity contribution in [2.75, 3.05) is 0 Å². The van der Waals surface area contributed by atoms with Gasteiger partial charge in [0.25, 0.3) is 0 Å². The molecule has 0 radical (unpaired) electrons. The summed E-state index contributed by atoms with van der Waals surface area (Å²) in [6, 6.07) is 15.2. The molecule has 0 fully saturated rings. The van der Waals surface area contributed by atoms with E-state index < -0.39 is 0 Å². The number of hydrogen-bond donors (Lipinski definition) is 1. The normalized spacial score (nSPS) is 10.6. The quantitative estimate of drug-likeness (QED) is 0.703. The average Bonchev–Trinajstić information content (AvgIpc) is 3.07. The molecular formula is C18H15ClN2O. The van der Waals surface area contributed by atoms with Gasteiger partial charge in [-0.3, -0.25) is 4.79 Å². The van der Waals surface area contributed by atoms with Crippen molar-refractivity contribution in [1.82, 2.24) is 9.97 Å². The third kappa shape index (κ3) is 3.10. The Morgan fingerprint density at radius 2 is 1.86 bits per heavy atom. The number of Topliss-reactive ketones (excluding diaryl/α,β-unsaturated/α-hetero) is 1. The van der Waals surface area contributed by atoms with Gasteiger partial charge in [-0.1, -0.05) is 48.0 Å². The zero-order chi connectivity index (χ0) is 15.4. The number of aromatic nitrogens is 2. The minimum atomic E-state index is 0.0602. The molecule has 3 rings (SSSR count). The summed E-state index contributed by atoms with van der Waals surface area (Å²) in [4.78, 5) is 19.5. The topological polar surface area (TPSA) is 45.8 Å². The molecule has 1 heterocycles. The van der Waals surface area contributed by atoms with Gasteiger partial charge in [-0.2, -0.15) is 0 Å². The molecular weight excluding hydrogens is 296 g/mol. The molecule has 3 nitrogen and oxygen atoms in total. The number of hydrogen-bond acceptors (Lipinski definition) is 2. The zero-order valence-corrected chi connectivity index (χ0v) is 12.7. The predicted molar refractivity (Wildman–Crippen MR) is 88.1 cm³/mol. The van der Waals surface area contributed by atoms with Gasteiger partial charge in [0.2, 0.25) is 0 Å². The second-order valence-corrected chi connectivity index (χ2v) is 5.43. The summed E-state index contributed by atoms with van der Waals surface area (Å²) < 4.78 is 0. The van der Waals surface area contributed by atoms with Gasteiger partial charge in [-0.25, -0.2) is 4.98 Å². The maximum atomic E-state index is 12.3. The molecule has 2 aromatic carbocycles. The molecule has 0 unspecified atom stereocenters. The van der Waals surface area contributed by atoms with Crippen LogP contribution < -0.4 is 0 Å². The number of carbonyl (C=O) groups excluding carboxylic acids is 1. The number of H-pyrrole nitrogens is 1. The number of imidazole rings is 1. The lowest BCUT2D eigenvalue weighted by molar-refractivity contribution is 0.0983. The number of aromatic amines is 1. The van der Waals surface area contributed by atoms with Crippen LogP contribution in [0.2, 0.25) is 5.02 Å². The molecule has 0 aliphatic carbocycles. The molecule has 0 amide bonds. The van der Waals surface area contributed by atoms with E-state index in [1.165, 1.54) is 0 Å². The van der Waals surface area contributed by atoms with Gasteiger partial charge < -0.3 is 4.98 Å². The van der Waals surface area contributed by atoms with Crippen LogP contribution in [0.25, 0.3) is 11.3 Å². The summed E-state index contributed by atoms with van der Waals surface area (Å²) in [5.41, 5.74) is 3.74. The number of rotatable bonds is 5. The van der Waals surface area contributed by atoms with Crippen molar-refractivity contribution in [3.8, 4) is 11.3 Å². The van der Waals surface area contributed by atoms with Gasteiger partial charge in [0.15, 0.2) is 5.78 Å². The van der Waals surface area contributed by atoms with E-state index in [4.69, 9.17) is 11.6 Å². The molecule has 0 atom stereocenters. The molecule has 22 heavy (non-hydrogen) atoms. The Labute approximate surface area is 134 Å². The molecule has 3 aromatic rings. The van der Waals surface area contributed by atoms with Crippen molar-refractivity contribution in [2.24, 2.45) is 0 Å². The minimum absolute atomic E-state index is 0.0602. The van der Waals surface area contributed by atoms with E-state index in [2.05, 4.69) is 9.97 Å². The Kier molecular flexibility index (Phi) is 4.35. The van der Waals surface area contributed by atoms with Crippen LogP contribution in [0.5, 0.6) is 0 Å². The third-order valence-corrected chi connectivity index (χ3v) is 3.93. The lowest BCUT2D eigenvalue weighted by Crippen LogP contribution is -2.02. The maximum absolute atomic E-state index is 12.3. The Morgan fingerprint density at radius 3 is 2.64 bits per heavy atom. The highest BCUT2D eigenvalue weighted by Gasteiger charge is 2.12. The minimum Gasteiger partial charge on any atom is -0.345 e. The molecule has 1 N–H and O–H groups in total. The van der Waals surface area contributed by atoms with Crippen LogP contribution in [0.3, 0.4) is 0 Å². The zero-order valence-electron chi connectivity index (χ0n) is 11.9. The van der Waals surface area contributed by atoms with Crippen LogP contribution in [-0.2, 0) is 6.42 Å². The van der Waals surface area contributed by atoms with Crippen LogP contribution in [0, 0.1) is 0 Å². The first-order chi connectivity index (χ1) is 10.8. The average molecular weight is 311 g/mol. The van der Waals surface area contributed by atoms with Crippen LogP contribution in [0.15, 0.2) is 61.1 Å². The lowest BCUT2D eigenvalue weighted by atomic mass is 9.98. The van der Waals surface area contributed by atoms with Crippen LogP contribution in [0.1, 0.15) is 22.3 Å². The lowest BCUT2D eigenvalue weighted by Gasteiger charge is -2.08. The molecule has 110 valence electrons. The largest absolute Gasteiger partial charge is 0.345 e. The highest BCUT2D eigenvalue weighted by Crippen LogP contribution is 2.24. The van der Waals surface area contributed by atoms with Crippen molar-refractivity contribution < 1.29 is 4.79 Å². The Morgan fingerprint density at radius 1 is 1.09 bits per heavy atom. The molecule has 1 aromatic heterocycles. The number of ketones is 1. The molecule has 0 aliphatic rings. The summed E-state index contributed by atoms with van der Waals surface area (Å²) in [5.74, 6) is 0.0602. The standard InChI is InChI=1S/C18H15ClN2O/c19-16-8-4-3-7-15(16)18(22)10-9-13-5-1-2-6-14(13)17-11-20-12-21-17/h1-8,11-12H,9-10H2,(H,20,21). The fourth-order valence-electron chi connectivity index (χ4n) is 2.47. The van der Waals surface area contributed by atoms with Crippen molar-refractivity contribution in [3.05, 3.63) is 77.2 Å². The van der Waals surface area contributed by atoms with E-state index in [-0.39, 0.29) is 5.78 Å². The Bertz CT molecular complexity index is 781. The van der Waals surface area contributed by atoms with Crippen molar-refractivity contribution in [3.63, 3.8) is 0 Å². The van der Waals surface area contributed by atoms with E-state index >= 15 is 0 Å². The van der Waals surface area contributed by atoms with Crippen LogP contribution in [-0.4, -0.2) is 15.8 Å². The van der Waals surface area contributed by atoms with Gasteiger partial charge in [-0.15, -0.1) is 0 Å². The number of carbonyl (C=O) groups is 1. The molecule has 0 spiro atoms. The highest BCUT2D eigenvalue weighted by molar-refractivity contribution is 6.33. The molecule has 0 aliphatic heterocycles. The summed E-state index contributed by atoms with van der Waals surface area (Å²) in [7, 11) is 0. The van der Waals surface area contributed by atoms with E-state index in [9.17, 15) is 4.79 Å². The van der Waals surface area contributed by atoms with Crippen molar-refractivity contribution in [1.29, 1.82) is 0 Å². The van der Waals surface area contributed by atoms with Gasteiger partial charge in [-0.05, 0) is 24.1 Å². The van der Waals surface area contributed by atoms with Gasteiger partial charge >= 0.3 is 0 Å². The van der Waals surface area contributed by atoms with E-state index in [1.54, 1.807) is 24.7 Å². The smallest absolute Gasteiger partial charge is 0.164 e. The summed E-state index contributed by atoms with van der Waals surface area (Å²) in [5, 5.41) is 0.509. The Balaban J connectivity index is 1.78. The molecule has 4 heteroatoms. The fourth-order valence-corrected chi connectivity index (χ4v) is 2.72. The van der Waals surface area contributed by atoms with Crippen molar-refractivity contribution >= 4 is 17.4 Å². The first-order valence-corrected chi connectivity index (χ1v) is 7.48.